The SMILES string of the molecule is CCNC(=O)NC(C)c1cccc(C#CCO)c1. The van der Waals surface area contributed by atoms with E-state index >= 15 is 0 Å². The van der Waals surface area contributed by atoms with Crippen LogP contribution in [0.3, 0.4) is 0 Å². The second-order valence-corrected chi connectivity index (χ2v) is 3.81. The number of nitrogens with one attached hydrogen (secondary N) is 2. The highest BCUT2D eigenvalue weighted by Gasteiger charge is 2.08. The molecule has 96 valence electrons. The molecule has 0 aliphatic carbocycles. The van der Waals surface area contributed by atoms with Gasteiger partial charge in [0.1, 0.15) is 6.61 Å². The number of hydrogen-bond acceptors (Lipinski definition) is 2. The van der Waals surface area contributed by atoms with E-state index in [9.17, 15) is 4.79 Å². The van der Waals surface area contributed by atoms with Crippen molar-refractivity contribution < 1.29 is 9.90 Å². The van der Waals surface area contributed by atoms with Gasteiger partial charge in [0.25, 0.3) is 0 Å². The lowest BCUT2D eigenvalue weighted by Gasteiger charge is -2.14. The minimum Gasteiger partial charge on any atom is -0.384 e. The van der Waals surface area contributed by atoms with Crippen LogP contribution in [0.4, 0.5) is 4.79 Å². The molecule has 0 saturated heterocycles. The number of urea groups is 1. The summed E-state index contributed by atoms with van der Waals surface area (Å²) in [5.41, 5.74) is 1.80. The summed E-state index contributed by atoms with van der Waals surface area (Å²) < 4.78 is 0. The van der Waals surface area contributed by atoms with Crippen LogP contribution in [-0.4, -0.2) is 24.3 Å². The Kier molecular flexibility index (Phi) is 5.75. The zero-order chi connectivity index (χ0) is 13.4. The van der Waals surface area contributed by atoms with Crippen LogP contribution in [0.15, 0.2) is 24.3 Å². The molecule has 0 aromatic heterocycles. The van der Waals surface area contributed by atoms with Crippen LogP contribution in [0.2, 0.25) is 0 Å². The molecule has 0 bridgehead atoms. The number of amides is 2. The van der Waals surface area contributed by atoms with Gasteiger partial charge in [-0.15, -0.1) is 0 Å². The van der Waals surface area contributed by atoms with E-state index in [0.29, 0.717) is 6.54 Å². The molecule has 1 atom stereocenters. The summed E-state index contributed by atoms with van der Waals surface area (Å²) in [4.78, 5) is 11.4. The average molecular weight is 246 g/mol. The van der Waals surface area contributed by atoms with Crippen molar-refractivity contribution in [2.45, 2.75) is 19.9 Å². The average Bonchev–Trinajstić information content (AvgIpc) is 2.37. The molecule has 1 rings (SSSR count). The van der Waals surface area contributed by atoms with Gasteiger partial charge >= 0.3 is 6.03 Å². The van der Waals surface area contributed by atoms with Crippen molar-refractivity contribution in [1.82, 2.24) is 10.6 Å². The summed E-state index contributed by atoms with van der Waals surface area (Å²) in [6.45, 7) is 4.22. The van der Waals surface area contributed by atoms with E-state index in [1.54, 1.807) is 0 Å². The predicted octanol–water partition coefficient (Wildman–Crippen LogP) is 1.41. The standard InChI is InChI=1S/C14H18N2O2/c1-3-15-14(18)16-11(2)13-8-4-6-12(10-13)7-5-9-17/h4,6,8,10-11,17H,3,9H2,1-2H3,(H2,15,16,18). The van der Waals surface area contributed by atoms with E-state index in [0.717, 1.165) is 11.1 Å². The number of carbonyl (C=O) groups excluding carboxylic acids is 1. The van der Waals surface area contributed by atoms with E-state index in [-0.39, 0.29) is 18.7 Å². The molecule has 0 aliphatic rings. The summed E-state index contributed by atoms with van der Waals surface area (Å²) in [5, 5.41) is 14.2. The lowest BCUT2D eigenvalue weighted by molar-refractivity contribution is 0.238. The third-order valence-electron chi connectivity index (χ3n) is 2.38. The fourth-order valence-corrected chi connectivity index (χ4v) is 1.52. The summed E-state index contributed by atoms with van der Waals surface area (Å²) >= 11 is 0. The lowest BCUT2D eigenvalue weighted by Crippen LogP contribution is -2.36. The molecule has 4 nitrogen and oxygen atoms in total. The maximum absolute atomic E-state index is 11.4. The molecular weight excluding hydrogens is 228 g/mol. The first-order valence-corrected chi connectivity index (χ1v) is 5.91. The molecule has 2 amide bonds. The molecule has 0 fully saturated rings. The van der Waals surface area contributed by atoms with E-state index < -0.39 is 0 Å². The Morgan fingerprint density at radius 3 is 2.94 bits per heavy atom. The number of carbonyl (C=O) groups is 1. The van der Waals surface area contributed by atoms with Crippen molar-refractivity contribution in [3.63, 3.8) is 0 Å². The minimum atomic E-state index is -0.183. The van der Waals surface area contributed by atoms with Crippen LogP contribution in [0.5, 0.6) is 0 Å². The summed E-state index contributed by atoms with van der Waals surface area (Å²) in [7, 11) is 0. The van der Waals surface area contributed by atoms with Crippen molar-refractivity contribution in [3.05, 3.63) is 35.4 Å². The van der Waals surface area contributed by atoms with Crippen LogP contribution in [-0.2, 0) is 0 Å². The molecule has 0 radical (unpaired) electrons. The third-order valence-corrected chi connectivity index (χ3v) is 2.38. The highest BCUT2D eigenvalue weighted by atomic mass is 16.2. The first-order chi connectivity index (χ1) is 8.67. The number of aliphatic hydroxyl groups excluding tert-OH is 1. The number of benzene rings is 1. The van der Waals surface area contributed by atoms with Gasteiger partial charge in [0.05, 0.1) is 6.04 Å². The Bertz CT molecular complexity index is 460. The van der Waals surface area contributed by atoms with Crippen LogP contribution in [0.1, 0.15) is 31.0 Å². The van der Waals surface area contributed by atoms with Gasteiger partial charge in [-0.1, -0.05) is 24.0 Å². The third kappa shape index (κ3) is 4.48. The van der Waals surface area contributed by atoms with Gasteiger partial charge in [-0.2, -0.15) is 0 Å². The Labute approximate surface area is 107 Å². The van der Waals surface area contributed by atoms with Crippen LogP contribution >= 0.6 is 0 Å². The molecule has 1 aromatic rings. The van der Waals surface area contributed by atoms with Crippen molar-refractivity contribution in [3.8, 4) is 11.8 Å². The Balaban J connectivity index is 2.73. The molecule has 0 aliphatic heterocycles. The second kappa shape index (κ2) is 7.36. The van der Waals surface area contributed by atoms with Gasteiger partial charge in [-0.25, -0.2) is 4.79 Å². The van der Waals surface area contributed by atoms with E-state index in [1.807, 2.05) is 38.1 Å². The van der Waals surface area contributed by atoms with Crippen molar-refractivity contribution in [2.75, 3.05) is 13.2 Å². The Morgan fingerprint density at radius 1 is 1.50 bits per heavy atom. The Morgan fingerprint density at radius 2 is 2.28 bits per heavy atom. The van der Waals surface area contributed by atoms with Crippen LogP contribution in [0, 0.1) is 11.8 Å². The Hall–Kier alpha value is -1.99. The molecule has 4 heteroatoms. The maximum Gasteiger partial charge on any atom is 0.315 e. The fourth-order valence-electron chi connectivity index (χ4n) is 1.52. The first-order valence-electron chi connectivity index (χ1n) is 5.91. The minimum absolute atomic E-state index is 0.0903. The van der Waals surface area contributed by atoms with Gasteiger partial charge in [0.15, 0.2) is 0 Å². The number of hydrogen-bond donors (Lipinski definition) is 3. The topological polar surface area (TPSA) is 61.4 Å². The molecule has 18 heavy (non-hydrogen) atoms. The zero-order valence-electron chi connectivity index (χ0n) is 10.7. The summed E-state index contributed by atoms with van der Waals surface area (Å²) in [5.74, 6) is 5.44. The highest BCUT2D eigenvalue weighted by molar-refractivity contribution is 5.74. The largest absolute Gasteiger partial charge is 0.384 e. The van der Waals surface area contributed by atoms with Gasteiger partial charge < -0.3 is 15.7 Å². The maximum atomic E-state index is 11.4. The zero-order valence-corrected chi connectivity index (χ0v) is 10.7. The molecule has 3 N–H and O–H groups in total. The van der Waals surface area contributed by atoms with Crippen LogP contribution in [0.25, 0.3) is 0 Å². The van der Waals surface area contributed by atoms with Crippen molar-refractivity contribution in [2.24, 2.45) is 0 Å². The smallest absolute Gasteiger partial charge is 0.315 e. The van der Waals surface area contributed by atoms with Gasteiger partial charge in [-0.3, -0.25) is 0 Å². The predicted molar refractivity (Wildman–Crippen MR) is 71.0 cm³/mol. The summed E-state index contributed by atoms with van der Waals surface area (Å²) in [6, 6.07) is 7.31. The number of rotatable bonds is 3. The van der Waals surface area contributed by atoms with E-state index in [4.69, 9.17) is 5.11 Å². The van der Waals surface area contributed by atoms with E-state index in [2.05, 4.69) is 22.5 Å². The highest BCUT2D eigenvalue weighted by Crippen LogP contribution is 2.13. The number of aliphatic hydroxyl groups is 1. The fraction of sp³-hybridized carbons (Fsp3) is 0.357. The quantitative estimate of drug-likeness (QED) is 0.706. The lowest BCUT2D eigenvalue weighted by atomic mass is 10.1. The molecule has 1 unspecified atom stereocenters. The second-order valence-electron chi connectivity index (χ2n) is 3.81. The van der Waals surface area contributed by atoms with Crippen molar-refractivity contribution >= 4 is 6.03 Å². The monoisotopic (exact) mass is 246 g/mol. The molecular formula is C14H18N2O2. The molecule has 0 spiro atoms. The van der Waals surface area contributed by atoms with E-state index in [1.165, 1.54) is 0 Å². The summed E-state index contributed by atoms with van der Waals surface area (Å²) in [6.07, 6.45) is 0. The normalized spacial score (nSPS) is 11.1. The van der Waals surface area contributed by atoms with Gasteiger partial charge in [0.2, 0.25) is 0 Å². The molecule has 1 aromatic carbocycles. The van der Waals surface area contributed by atoms with Crippen LogP contribution < -0.4 is 10.6 Å². The van der Waals surface area contributed by atoms with Gasteiger partial charge in [0, 0.05) is 12.1 Å². The van der Waals surface area contributed by atoms with Gasteiger partial charge in [-0.05, 0) is 31.5 Å². The van der Waals surface area contributed by atoms with Crippen molar-refractivity contribution in [1.29, 1.82) is 0 Å². The molecule has 0 saturated carbocycles. The first kappa shape index (κ1) is 14.1. The molecule has 0 heterocycles.